The van der Waals surface area contributed by atoms with Crippen LogP contribution in [0.4, 0.5) is 4.79 Å². The minimum absolute atomic E-state index is 0.0599. The summed E-state index contributed by atoms with van der Waals surface area (Å²) >= 11 is 1.59. The van der Waals surface area contributed by atoms with Crippen molar-refractivity contribution in [2.75, 3.05) is 13.1 Å². The van der Waals surface area contributed by atoms with Gasteiger partial charge < -0.3 is 10.2 Å². The maximum atomic E-state index is 11.9. The molecule has 0 spiro atoms. The molecule has 1 aromatic rings. The summed E-state index contributed by atoms with van der Waals surface area (Å²) in [7, 11) is 0. The summed E-state index contributed by atoms with van der Waals surface area (Å²) in [5, 5.41) is 2.97. The predicted molar refractivity (Wildman–Crippen MR) is 69.1 cm³/mol. The second-order valence-corrected chi connectivity index (χ2v) is 5.63. The van der Waals surface area contributed by atoms with Crippen LogP contribution in [-0.4, -0.2) is 29.0 Å². The standard InChI is InChI=1S/C12H19N3OS/c1-9-3-5-15(6-4-9)12(16)13-7-11-10(2)14-8-17-11/h8-9H,3-7H2,1-2H3,(H,13,16). The zero-order chi connectivity index (χ0) is 12.3. The van der Waals surface area contributed by atoms with Gasteiger partial charge in [0.2, 0.25) is 0 Å². The van der Waals surface area contributed by atoms with Crippen molar-refractivity contribution in [3.05, 3.63) is 16.1 Å². The monoisotopic (exact) mass is 253 g/mol. The fraction of sp³-hybridized carbons (Fsp3) is 0.667. The number of piperidine rings is 1. The van der Waals surface area contributed by atoms with Gasteiger partial charge in [-0.2, -0.15) is 0 Å². The second kappa shape index (κ2) is 5.49. The highest BCUT2D eigenvalue weighted by molar-refractivity contribution is 7.09. The van der Waals surface area contributed by atoms with Gasteiger partial charge in [0, 0.05) is 18.0 Å². The lowest BCUT2D eigenvalue weighted by atomic mass is 10.00. The van der Waals surface area contributed by atoms with Gasteiger partial charge in [-0.05, 0) is 25.7 Å². The van der Waals surface area contributed by atoms with Gasteiger partial charge in [-0.25, -0.2) is 9.78 Å². The number of carbonyl (C=O) groups excluding carboxylic acids is 1. The SMILES string of the molecule is Cc1ncsc1CNC(=O)N1CCC(C)CC1. The molecule has 0 bridgehead atoms. The average molecular weight is 253 g/mol. The van der Waals surface area contributed by atoms with Crippen molar-refractivity contribution in [3.8, 4) is 0 Å². The molecule has 0 unspecified atom stereocenters. The first-order chi connectivity index (χ1) is 8.16. The number of rotatable bonds is 2. The molecule has 0 aliphatic carbocycles. The van der Waals surface area contributed by atoms with Crippen LogP contribution in [0.3, 0.4) is 0 Å². The van der Waals surface area contributed by atoms with E-state index in [1.807, 2.05) is 17.3 Å². The van der Waals surface area contributed by atoms with Gasteiger partial charge in [-0.3, -0.25) is 0 Å². The zero-order valence-electron chi connectivity index (χ0n) is 10.4. The van der Waals surface area contributed by atoms with Gasteiger partial charge in [0.1, 0.15) is 0 Å². The molecule has 4 nitrogen and oxygen atoms in total. The van der Waals surface area contributed by atoms with E-state index in [0.717, 1.165) is 42.4 Å². The molecule has 0 radical (unpaired) electrons. The number of nitrogens with one attached hydrogen (secondary N) is 1. The molecule has 5 heteroatoms. The number of aromatic nitrogens is 1. The number of carbonyl (C=O) groups is 1. The number of likely N-dealkylation sites (tertiary alicyclic amines) is 1. The molecule has 1 fully saturated rings. The summed E-state index contributed by atoms with van der Waals surface area (Å²) in [6, 6.07) is 0.0599. The Labute approximate surface area is 106 Å². The highest BCUT2D eigenvalue weighted by Gasteiger charge is 2.19. The quantitative estimate of drug-likeness (QED) is 0.879. The van der Waals surface area contributed by atoms with E-state index >= 15 is 0 Å². The van der Waals surface area contributed by atoms with Crippen molar-refractivity contribution in [3.63, 3.8) is 0 Å². The van der Waals surface area contributed by atoms with Crippen molar-refractivity contribution in [2.24, 2.45) is 5.92 Å². The van der Waals surface area contributed by atoms with Crippen LogP contribution in [-0.2, 0) is 6.54 Å². The Bertz CT molecular complexity index is 383. The number of urea groups is 1. The van der Waals surface area contributed by atoms with E-state index in [1.165, 1.54) is 0 Å². The number of hydrogen-bond donors (Lipinski definition) is 1. The van der Waals surface area contributed by atoms with Gasteiger partial charge >= 0.3 is 6.03 Å². The lowest BCUT2D eigenvalue weighted by molar-refractivity contribution is 0.173. The number of thiazole rings is 1. The summed E-state index contributed by atoms with van der Waals surface area (Å²) in [5.41, 5.74) is 2.84. The third kappa shape index (κ3) is 3.19. The molecule has 17 heavy (non-hydrogen) atoms. The minimum atomic E-state index is 0.0599. The molecule has 1 aliphatic heterocycles. The normalized spacial score (nSPS) is 17.2. The van der Waals surface area contributed by atoms with Gasteiger partial charge in [0.25, 0.3) is 0 Å². The average Bonchev–Trinajstić information content (AvgIpc) is 2.73. The van der Waals surface area contributed by atoms with Crippen molar-refractivity contribution in [1.29, 1.82) is 0 Å². The van der Waals surface area contributed by atoms with Crippen molar-refractivity contribution >= 4 is 17.4 Å². The molecule has 2 heterocycles. The highest BCUT2D eigenvalue weighted by atomic mass is 32.1. The van der Waals surface area contributed by atoms with E-state index in [0.29, 0.717) is 6.54 Å². The summed E-state index contributed by atoms with van der Waals surface area (Å²) < 4.78 is 0. The number of amides is 2. The summed E-state index contributed by atoms with van der Waals surface area (Å²) in [6.45, 7) is 6.58. The van der Waals surface area contributed by atoms with Crippen LogP contribution in [0, 0.1) is 12.8 Å². The topological polar surface area (TPSA) is 45.2 Å². The molecule has 1 saturated heterocycles. The van der Waals surface area contributed by atoms with Crippen LogP contribution in [0.15, 0.2) is 5.51 Å². The summed E-state index contributed by atoms with van der Waals surface area (Å²) in [5.74, 6) is 0.753. The zero-order valence-corrected chi connectivity index (χ0v) is 11.2. The van der Waals surface area contributed by atoms with Crippen molar-refractivity contribution in [2.45, 2.75) is 33.2 Å². The second-order valence-electron chi connectivity index (χ2n) is 4.69. The molecule has 0 saturated carbocycles. The third-order valence-electron chi connectivity index (χ3n) is 3.32. The molecule has 1 aromatic heterocycles. The smallest absolute Gasteiger partial charge is 0.317 e. The molecule has 2 rings (SSSR count). The molecule has 2 amide bonds. The Morgan fingerprint density at radius 1 is 1.59 bits per heavy atom. The van der Waals surface area contributed by atoms with E-state index in [-0.39, 0.29) is 6.03 Å². The van der Waals surface area contributed by atoms with Gasteiger partial charge in [-0.15, -0.1) is 11.3 Å². The molecule has 94 valence electrons. The van der Waals surface area contributed by atoms with Crippen LogP contribution < -0.4 is 5.32 Å². The Morgan fingerprint density at radius 3 is 2.88 bits per heavy atom. The fourth-order valence-corrected chi connectivity index (χ4v) is 2.69. The molecule has 0 atom stereocenters. The number of aryl methyl sites for hydroxylation is 1. The lowest BCUT2D eigenvalue weighted by Crippen LogP contribution is -2.43. The van der Waals surface area contributed by atoms with Crippen LogP contribution in [0.2, 0.25) is 0 Å². The first kappa shape index (κ1) is 12.4. The van der Waals surface area contributed by atoms with Crippen LogP contribution in [0.1, 0.15) is 30.3 Å². The lowest BCUT2D eigenvalue weighted by Gasteiger charge is -2.30. The maximum Gasteiger partial charge on any atom is 0.317 e. The largest absolute Gasteiger partial charge is 0.333 e. The minimum Gasteiger partial charge on any atom is -0.333 e. The van der Waals surface area contributed by atoms with E-state index in [9.17, 15) is 4.79 Å². The predicted octanol–water partition coefficient (Wildman–Crippen LogP) is 2.39. The van der Waals surface area contributed by atoms with E-state index in [4.69, 9.17) is 0 Å². The Kier molecular flexibility index (Phi) is 3.99. The van der Waals surface area contributed by atoms with Crippen molar-refractivity contribution < 1.29 is 4.79 Å². The molecular formula is C12H19N3OS. The molecule has 1 N–H and O–H groups in total. The first-order valence-electron chi connectivity index (χ1n) is 6.08. The summed E-state index contributed by atoms with van der Waals surface area (Å²) in [6.07, 6.45) is 2.24. The molecular weight excluding hydrogens is 234 g/mol. The van der Waals surface area contributed by atoms with Crippen molar-refractivity contribution in [1.82, 2.24) is 15.2 Å². The number of nitrogens with zero attached hydrogens (tertiary/aromatic N) is 2. The van der Waals surface area contributed by atoms with E-state index in [1.54, 1.807) is 11.3 Å². The maximum absolute atomic E-state index is 11.9. The molecule has 1 aliphatic rings. The van der Waals surface area contributed by atoms with Gasteiger partial charge in [0.15, 0.2) is 0 Å². The van der Waals surface area contributed by atoms with Crippen LogP contribution in [0.5, 0.6) is 0 Å². The van der Waals surface area contributed by atoms with E-state index < -0.39 is 0 Å². The van der Waals surface area contributed by atoms with E-state index in [2.05, 4.69) is 17.2 Å². The third-order valence-corrected chi connectivity index (χ3v) is 4.25. The van der Waals surface area contributed by atoms with Crippen LogP contribution >= 0.6 is 11.3 Å². The fourth-order valence-electron chi connectivity index (χ4n) is 1.98. The number of hydrogen-bond acceptors (Lipinski definition) is 3. The Hall–Kier alpha value is -1.10. The Morgan fingerprint density at radius 2 is 2.29 bits per heavy atom. The van der Waals surface area contributed by atoms with Crippen LogP contribution in [0.25, 0.3) is 0 Å². The first-order valence-corrected chi connectivity index (χ1v) is 6.96. The Balaban J connectivity index is 1.80. The molecule has 0 aromatic carbocycles. The highest BCUT2D eigenvalue weighted by Crippen LogP contribution is 2.16. The van der Waals surface area contributed by atoms with Gasteiger partial charge in [0.05, 0.1) is 17.7 Å². The summed E-state index contributed by atoms with van der Waals surface area (Å²) in [4.78, 5) is 19.1. The van der Waals surface area contributed by atoms with Gasteiger partial charge in [-0.1, -0.05) is 6.92 Å².